The minimum atomic E-state index is -0.481. The summed E-state index contributed by atoms with van der Waals surface area (Å²) in [6.07, 6.45) is 8.13. The van der Waals surface area contributed by atoms with Gasteiger partial charge in [-0.05, 0) is 24.8 Å². The first kappa shape index (κ1) is 20.6. The highest BCUT2D eigenvalue weighted by Gasteiger charge is 2.26. The summed E-state index contributed by atoms with van der Waals surface area (Å²) in [4.78, 5) is 25.7. The molecule has 0 spiro atoms. The molecule has 1 N–H and O–H groups in total. The largest absolute Gasteiger partial charge is 0.455 e. The van der Waals surface area contributed by atoms with Crippen LogP contribution in [0.3, 0.4) is 0 Å². The van der Waals surface area contributed by atoms with Crippen LogP contribution in [0.15, 0.2) is 47.3 Å². The fraction of sp³-hybridized carbons (Fsp3) is 0.458. The molecular formula is C24H28N4O4. The first-order valence-electron chi connectivity index (χ1n) is 11.5. The second-order valence-corrected chi connectivity index (χ2v) is 8.42. The summed E-state index contributed by atoms with van der Waals surface area (Å²) in [5.74, 6) is 1.39. The van der Waals surface area contributed by atoms with Gasteiger partial charge in [0.25, 0.3) is 5.56 Å². The van der Waals surface area contributed by atoms with Gasteiger partial charge in [-0.1, -0.05) is 56.5 Å². The van der Waals surface area contributed by atoms with Crippen molar-refractivity contribution in [3.05, 3.63) is 64.3 Å². The fourth-order valence-electron chi connectivity index (χ4n) is 4.40. The fourth-order valence-corrected chi connectivity index (χ4v) is 4.40. The van der Waals surface area contributed by atoms with Crippen LogP contribution in [0.4, 0.5) is 0 Å². The average Bonchev–Trinajstić information content (AvgIpc) is 3.45. The SMILES string of the molecule is CCCn1c(OC2=COC(Cc3ccccc3)O2)nc2nc(C3CCCCC3)[nH]c2c1=O. The smallest absolute Gasteiger partial charge is 0.326 e. The Kier molecular flexibility index (Phi) is 5.83. The Bertz CT molecular complexity index is 1160. The number of aromatic amines is 1. The highest BCUT2D eigenvalue weighted by atomic mass is 16.8. The van der Waals surface area contributed by atoms with Crippen molar-refractivity contribution in [3.8, 4) is 6.01 Å². The third-order valence-corrected chi connectivity index (χ3v) is 6.03. The molecule has 1 aromatic carbocycles. The standard InChI is InChI=1S/C24H28N4O4/c1-2-13-28-23(29)20-22(26-21(25-20)17-11-7-4-8-12-17)27-24(28)32-19-15-30-18(31-19)14-16-9-5-3-6-10-16/h3,5-6,9-10,15,17-18H,2,4,7-8,11-14H2,1H3,(H,25,26). The zero-order chi connectivity index (χ0) is 21.9. The van der Waals surface area contributed by atoms with E-state index in [-0.39, 0.29) is 17.5 Å². The van der Waals surface area contributed by atoms with Crippen molar-refractivity contribution in [2.75, 3.05) is 0 Å². The normalized spacial score (nSPS) is 18.9. The summed E-state index contributed by atoms with van der Waals surface area (Å²) < 4.78 is 18.8. The molecule has 1 atom stereocenters. The molecule has 5 rings (SSSR count). The van der Waals surface area contributed by atoms with Gasteiger partial charge in [0.15, 0.2) is 17.4 Å². The lowest BCUT2D eigenvalue weighted by atomic mass is 9.89. The zero-order valence-corrected chi connectivity index (χ0v) is 18.3. The lowest BCUT2D eigenvalue weighted by Gasteiger charge is -2.18. The van der Waals surface area contributed by atoms with Crippen LogP contribution in [-0.2, 0) is 22.4 Å². The van der Waals surface area contributed by atoms with Crippen LogP contribution >= 0.6 is 0 Å². The van der Waals surface area contributed by atoms with Crippen molar-refractivity contribution in [2.45, 2.75) is 70.6 Å². The third-order valence-electron chi connectivity index (χ3n) is 6.03. The van der Waals surface area contributed by atoms with Crippen molar-refractivity contribution in [1.82, 2.24) is 19.5 Å². The number of aromatic nitrogens is 4. The number of ether oxygens (including phenoxy) is 3. The van der Waals surface area contributed by atoms with E-state index in [2.05, 4.69) is 15.0 Å². The Morgan fingerprint density at radius 3 is 2.75 bits per heavy atom. The quantitative estimate of drug-likeness (QED) is 0.591. The zero-order valence-electron chi connectivity index (χ0n) is 18.3. The molecule has 0 saturated heterocycles. The maximum atomic E-state index is 13.2. The predicted molar refractivity (Wildman–Crippen MR) is 119 cm³/mol. The number of rotatable bonds is 7. The second kappa shape index (κ2) is 9.06. The van der Waals surface area contributed by atoms with Crippen LogP contribution in [0, 0.1) is 0 Å². The molecule has 8 heteroatoms. The summed E-state index contributed by atoms with van der Waals surface area (Å²) in [7, 11) is 0. The molecule has 3 aromatic rings. The third kappa shape index (κ3) is 4.22. The Morgan fingerprint density at radius 2 is 1.97 bits per heavy atom. The second-order valence-electron chi connectivity index (χ2n) is 8.42. The average molecular weight is 437 g/mol. The number of H-pyrrole nitrogens is 1. The minimum absolute atomic E-state index is 0.168. The van der Waals surface area contributed by atoms with Crippen LogP contribution in [-0.4, -0.2) is 25.8 Å². The first-order chi connectivity index (χ1) is 15.7. The van der Waals surface area contributed by atoms with Gasteiger partial charge < -0.3 is 19.2 Å². The molecule has 32 heavy (non-hydrogen) atoms. The van der Waals surface area contributed by atoms with Crippen LogP contribution in [0.1, 0.15) is 62.8 Å². The van der Waals surface area contributed by atoms with E-state index in [1.54, 1.807) is 0 Å². The molecule has 3 heterocycles. The molecule has 1 fully saturated rings. The van der Waals surface area contributed by atoms with Gasteiger partial charge in [-0.15, -0.1) is 0 Å². The predicted octanol–water partition coefficient (Wildman–Crippen LogP) is 4.37. The molecule has 2 aromatic heterocycles. The van der Waals surface area contributed by atoms with E-state index in [9.17, 15) is 4.79 Å². The molecule has 1 saturated carbocycles. The Labute approximate surface area is 186 Å². The summed E-state index contributed by atoms with van der Waals surface area (Å²) in [6.45, 7) is 2.49. The highest BCUT2D eigenvalue weighted by Crippen LogP contribution is 2.31. The van der Waals surface area contributed by atoms with Gasteiger partial charge >= 0.3 is 12.0 Å². The molecule has 1 aliphatic carbocycles. The van der Waals surface area contributed by atoms with Crippen molar-refractivity contribution >= 4 is 11.2 Å². The summed E-state index contributed by atoms with van der Waals surface area (Å²) in [5.41, 5.74) is 1.74. The number of hydrogen-bond acceptors (Lipinski definition) is 6. The van der Waals surface area contributed by atoms with Gasteiger partial charge in [-0.3, -0.25) is 9.36 Å². The Morgan fingerprint density at radius 1 is 1.16 bits per heavy atom. The molecule has 1 unspecified atom stereocenters. The molecule has 1 aliphatic heterocycles. The molecule has 0 bridgehead atoms. The van der Waals surface area contributed by atoms with Crippen LogP contribution < -0.4 is 10.3 Å². The monoisotopic (exact) mass is 436 g/mol. The lowest BCUT2D eigenvalue weighted by Crippen LogP contribution is -2.24. The summed E-state index contributed by atoms with van der Waals surface area (Å²) in [5, 5.41) is 0. The van der Waals surface area contributed by atoms with Gasteiger partial charge in [0.05, 0.1) is 0 Å². The van der Waals surface area contributed by atoms with Crippen LogP contribution in [0.5, 0.6) is 6.01 Å². The topological polar surface area (TPSA) is 91.3 Å². The molecule has 0 amide bonds. The van der Waals surface area contributed by atoms with E-state index in [0.29, 0.717) is 30.0 Å². The molecular weight excluding hydrogens is 408 g/mol. The number of hydrogen-bond donors (Lipinski definition) is 1. The van der Waals surface area contributed by atoms with E-state index in [0.717, 1.165) is 30.7 Å². The molecule has 0 radical (unpaired) electrons. The highest BCUT2D eigenvalue weighted by molar-refractivity contribution is 5.70. The van der Waals surface area contributed by atoms with Gasteiger partial charge in [0, 0.05) is 18.9 Å². The van der Waals surface area contributed by atoms with E-state index in [4.69, 9.17) is 14.2 Å². The Balaban J connectivity index is 1.38. The molecule has 168 valence electrons. The van der Waals surface area contributed by atoms with Gasteiger partial charge in [0.1, 0.15) is 5.82 Å². The van der Waals surface area contributed by atoms with Crippen molar-refractivity contribution in [2.24, 2.45) is 0 Å². The van der Waals surface area contributed by atoms with E-state index >= 15 is 0 Å². The number of nitrogens with one attached hydrogen (secondary N) is 1. The summed E-state index contributed by atoms with van der Waals surface area (Å²) >= 11 is 0. The van der Waals surface area contributed by atoms with Gasteiger partial charge in [-0.2, -0.15) is 4.98 Å². The molecule has 8 nitrogen and oxygen atoms in total. The number of imidazole rings is 1. The van der Waals surface area contributed by atoms with Crippen molar-refractivity contribution < 1.29 is 14.2 Å². The lowest BCUT2D eigenvalue weighted by molar-refractivity contribution is -0.0535. The number of nitrogens with zero attached hydrogens (tertiary/aromatic N) is 3. The maximum absolute atomic E-state index is 13.2. The van der Waals surface area contributed by atoms with Crippen molar-refractivity contribution in [3.63, 3.8) is 0 Å². The Hall–Kier alpha value is -3.29. The van der Waals surface area contributed by atoms with Gasteiger partial charge in [0.2, 0.25) is 6.29 Å². The van der Waals surface area contributed by atoms with E-state index < -0.39 is 6.29 Å². The molecule has 2 aliphatic rings. The number of fused-ring (bicyclic) bond motifs is 1. The van der Waals surface area contributed by atoms with E-state index in [1.165, 1.54) is 30.1 Å². The first-order valence-corrected chi connectivity index (χ1v) is 11.5. The van der Waals surface area contributed by atoms with E-state index in [1.807, 2.05) is 37.3 Å². The van der Waals surface area contributed by atoms with Crippen molar-refractivity contribution in [1.29, 1.82) is 0 Å². The van der Waals surface area contributed by atoms with Crippen LogP contribution in [0.25, 0.3) is 11.2 Å². The maximum Gasteiger partial charge on any atom is 0.326 e. The van der Waals surface area contributed by atoms with Crippen LogP contribution in [0.2, 0.25) is 0 Å². The number of benzene rings is 1. The summed E-state index contributed by atoms with van der Waals surface area (Å²) in [6, 6.07) is 10.1. The van der Waals surface area contributed by atoms with Gasteiger partial charge in [-0.25, -0.2) is 4.98 Å². The minimum Gasteiger partial charge on any atom is -0.455 e.